The Bertz CT molecular complexity index is 922. The fourth-order valence-electron chi connectivity index (χ4n) is 3.47. The molecule has 4 nitrogen and oxygen atoms in total. The summed E-state index contributed by atoms with van der Waals surface area (Å²) < 4.78 is 16.2. The van der Waals surface area contributed by atoms with Crippen LogP contribution in [0.2, 0.25) is 0 Å². The summed E-state index contributed by atoms with van der Waals surface area (Å²) in [5, 5.41) is 0. The number of fused-ring (bicyclic) bond motifs is 1. The zero-order chi connectivity index (χ0) is 18.8. The van der Waals surface area contributed by atoms with Gasteiger partial charge in [-0.3, -0.25) is 4.79 Å². The van der Waals surface area contributed by atoms with E-state index >= 15 is 0 Å². The highest BCUT2D eigenvalue weighted by atomic mass is 19.1. The van der Waals surface area contributed by atoms with Crippen molar-refractivity contribution in [2.24, 2.45) is 0 Å². The number of amides is 1. The summed E-state index contributed by atoms with van der Waals surface area (Å²) in [5.74, 6) is 0.127. The number of nitrogens with zero attached hydrogens (tertiary/aromatic N) is 3. The Balaban J connectivity index is 2.11. The van der Waals surface area contributed by atoms with Gasteiger partial charge < -0.3 is 9.47 Å². The highest BCUT2D eigenvalue weighted by Crippen LogP contribution is 2.27. The normalized spacial score (nSPS) is 11.5. The molecule has 2 aromatic carbocycles. The minimum atomic E-state index is -0.346. The standard InChI is InChI=1S/C21H24FN3O/c1-14(2)25(15(3)4)20(26)13-24-19-12-8-7-11-18(19)23-21(24)16-9-5-6-10-17(16)22/h5-12,14-15H,13H2,1-4H3. The number of hydrogen-bond donors (Lipinski definition) is 0. The average molecular weight is 353 g/mol. The molecule has 0 atom stereocenters. The number of halogens is 1. The van der Waals surface area contributed by atoms with Crippen molar-refractivity contribution in [2.45, 2.75) is 46.3 Å². The molecule has 0 saturated heterocycles. The largest absolute Gasteiger partial charge is 0.336 e. The van der Waals surface area contributed by atoms with E-state index in [2.05, 4.69) is 4.98 Å². The van der Waals surface area contributed by atoms with Gasteiger partial charge in [-0.05, 0) is 52.0 Å². The summed E-state index contributed by atoms with van der Waals surface area (Å²) in [6, 6.07) is 14.3. The minimum absolute atomic E-state index is 0.00394. The molecule has 1 aromatic heterocycles. The van der Waals surface area contributed by atoms with Crippen LogP contribution in [-0.2, 0) is 11.3 Å². The van der Waals surface area contributed by atoms with Crippen LogP contribution >= 0.6 is 0 Å². The van der Waals surface area contributed by atoms with Crippen LogP contribution in [0.4, 0.5) is 4.39 Å². The molecular weight excluding hydrogens is 329 g/mol. The maximum absolute atomic E-state index is 14.4. The van der Waals surface area contributed by atoms with Crippen LogP contribution < -0.4 is 0 Å². The Labute approximate surface area is 153 Å². The first-order valence-electron chi connectivity index (χ1n) is 8.91. The van der Waals surface area contributed by atoms with Gasteiger partial charge in [0.2, 0.25) is 5.91 Å². The molecule has 0 aliphatic carbocycles. The molecule has 0 saturated carbocycles. The lowest BCUT2D eigenvalue weighted by molar-refractivity contribution is -0.135. The minimum Gasteiger partial charge on any atom is -0.336 e. The number of imidazole rings is 1. The molecule has 3 rings (SSSR count). The topological polar surface area (TPSA) is 38.1 Å². The first-order valence-corrected chi connectivity index (χ1v) is 8.91. The van der Waals surface area contributed by atoms with E-state index in [9.17, 15) is 9.18 Å². The van der Waals surface area contributed by atoms with Crippen molar-refractivity contribution in [2.75, 3.05) is 0 Å². The molecule has 0 radical (unpaired) electrons. The molecule has 5 heteroatoms. The van der Waals surface area contributed by atoms with E-state index in [-0.39, 0.29) is 30.4 Å². The third kappa shape index (κ3) is 3.34. The summed E-state index contributed by atoms with van der Waals surface area (Å²) in [6.07, 6.45) is 0. The zero-order valence-electron chi connectivity index (χ0n) is 15.6. The smallest absolute Gasteiger partial charge is 0.243 e. The fourth-order valence-corrected chi connectivity index (χ4v) is 3.47. The van der Waals surface area contributed by atoms with Gasteiger partial charge in [0.05, 0.1) is 16.6 Å². The van der Waals surface area contributed by atoms with Gasteiger partial charge in [-0.25, -0.2) is 9.37 Å². The Hall–Kier alpha value is -2.69. The monoisotopic (exact) mass is 353 g/mol. The van der Waals surface area contributed by atoms with Crippen molar-refractivity contribution in [3.05, 3.63) is 54.3 Å². The lowest BCUT2D eigenvalue weighted by Crippen LogP contribution is -2.43. The molecule has 0 fully saturated rings. The van der Waals surface area contributed by atoms with E-state index in [1.54, 1.807) is 18.2 Å². The van der Waals surface area contributed by atoms with Crippen LogP contribution in [0.3, 0.4) is 0 Å². The predicted molar refractivity (Wildman–Crippen MR) is 102 cm³/mol. The maximum atomic E-state index is 14.4. The molecule has 0 bridgehead atoms. The fraction of sp³-hybridized carbons (Fsp3) is 0.333. The van der Waals surface area contributed by atoms with E-state index in [4.69, 9.17) is 0 Å². The summed E-state index contributed by atoms with van der Waals surface area (Å²) in [6.45, 7) is 8.13. The van der Waals surface area contributed by atoms with Gasteiger partial charge in [0.25, 0.3) is 0 Å². The van der Waals surface area contributed by atoms with Gasteiger partial charge >= 0.3 is 0 Å². The Morgan fingerprint density at radius 3 is 2.31 bits per heavy atom. The summed E-state index contributed by atoms with van der Waals surface area (Å²) in [5.41, 5.74) is 1.97. The molecule has 0 unspecified atom stereocenters. The predicted octanol–water partition coefficient (Wildman–Crippen LogP) is 4.49. The van der Waals surface area contributed by atoms with Crippen molar-refractivity contribution >= 4 is 16.9 Å². The molecule has 1 amide bonds. The number of carbonyl (C=O) groups is 1. The van der Waals surface area contributed by atoms with Crippen molar-refractivity contribution in [1.82, 2.24) is 14.5 Å². The molecule has 0 aliphatic heterocycles. The van der Waals surface area contributed by atoms with Gasteiger partial charge in [0, 0.05) is 12.1 Å². The summed E-state index contributed by atoms with van der Waals surface area (Å²) >= 11 is 0. The number of hydrogen-bond acceptors (Lipinski definition) is 2. The quantitative estimate of drug-likeness (QED) is 0.678. The first-order chi connectivity index (χ1) is 12.4. The highest BCUT2D eigenvalue weighted by Gasteiger charge is 2.23. The van der Waals surface area contributed by atoms with Crippen molar-refractivity contribution < 1.29 is 9.18 Å². The van der Waals surface area contributed by atoms with E-state index in [0.29, 0.717) is 11.4 Å². The van der Waals surface area contributed by atoms with Gasteiger partial charge in [-0.2, -0.15) is 0 Å². The Morgan fingerprint density at radius 2 is 1.65 bits per heavy atom. The molecule has 1 heterocycles. The molecule has 3 aromatic rings. The van der Waals surface area contributed by atoms with Crippen LogP contribution in [0.1, 0.15) is 27.7 Å². The van der Waals surface area contributed by atoms with Gasteiger partial charge in [-0.15, -0.1) is 0 Å². The van der Waals surface area contributed by atoms with Crippen LogP contribution in [0.15, 0.2) is 48.5 Å². The molecular formula is C21H24FN3O. The number of para-hydroxylation sites is 2. The number of aromatic nitrogens is 2. The van der Waals surface area contributed by atoms with Crippen LogP contribution in [0.5, 0.6) is 0 Å². The number of benzene rings is 2. The van der Waals surface area contributed by atoms with E-state index in [1.807, 2.05) is 61.4 Å². The van der Waals surface area contributed by atoms with Crippen molar-refractivity contribution in [3.8, 4) is 11.4 Å². The summed E-state index contributed by atoms with van der Waals surface area (Å²) in [4.78, 5) is 19.4. The lowest BCUT2D eigenvalue weighted by Gasteiger charge is -2.31. The third-order valence-electron chi connectivity index (χ3n) is 4.46. The second kappa shape index (κ2) is 7.28. The van der Waals surface area contributed by atoms with Crippen LogP contribution in [0.25, 0.3) is 22.4 Å². The highest BCUT2D eigenvalue weighted by molar-refractivity contribution is 5.84. The van der Waals surface area contributed by atoms with E-state index in [1.165, 1.54) is 6.07 Å². The van der Waals surface area contributed by atoms with Gasteiger partial charge in [0.15, 0.2) is 0 Å². The molecule has 0 spiro atoms. The van der Waals surface area contributed by atoms with E-state index < -0.39 is 0 Å². The average Bonchev–Trinajstić information content (AvgIpc) is 2.93. The van der Waals surface area contributed by atoms with E-state index in [0.717, 1.165) is 11.0 Å². The third-order valence-corrected chi connectivity index (χ3v) is 4.46. The molecule has 136 valence electrons. The number of carbonyl (C=O) groups excluding carboxylic acids is 1. The van der Waals surface area contributed by atoms with Crippen molar-refractivity contribution in [3.63, 3.8) is 0 Å². The summed E-state index contributed by atoms with van der Waals surface area (Å²) in [7, 11) is 0. The number of rotatable bonds is 5. The second-order valence-electron chi connectivity index (χ2n) is 6.98. The van der Waals surface area contributed by atoms with Gasteiger partial charge in [-0.1, -0.05) is 24.3 Å². The Kier molecular flexibility index (Phi) is 5.07. The SMILES string of the molecule is CC(C)N(C(=O)Cn1c(-c2ccccc2F)nc2ccccc21)C(C)C. The molecule has 0 aliphatic rings. The second-order valence-corrected chi connectivity index (χ2v) is 6.98. The first kappa shape index (κ1) is 18.1. The van der Waals surface area contributed by atoms with Crippen LogP contribution in [0, 0.1) is 5.82 Å². The maximum Gasteiger partial charge on any atom is 0.243 e. The lowest BCUT2D eigenvalue weighted by atomic mass is 10.2. The zero-order valence-corrected chi connectivity index (χ0v) is 15.6. The molecule has 26 heavy (non-hydrogen) atoms. The van der Waals surface area contributed by atoms with Gasteiger partial charge in [0.1, 0.15) is 18.2 Å². The molecule has 0 N–H and O–H groups in total. The van der Waals surface area contributed by atoms with Crippen LogP contribution in [-0.4, -0.2) is 32.4 Å². The van der Waals surface area contributed by atoms with Crippen molar-refractivity contribution in [1.29, 1.82) is 0 Å². The Morgan fingerprint density at radius 1 is 1.04 bits per heavy atom.